The zero-order valence-electron chi connectivity index (χ0n) is 11.2. The van der Waals surface area contributed by atoms with E-state index < -0.39 is 4.92 Å². The van der Waals surface area contributed by atoms with Crippen molar-refractivity contribution in [3.05, 3.63) is 52.3 Å². The zero-order valence-corrected chi connectivity index (χ0v) is 11.2. The van der Waals surface area contributed by atoms with E-state index in [0.29, 0.717) is 18.7 Å². The Labute approximate surface area is 120 Å². The lowest BCUT2D eigenvalue weighted by Crippen LogP contribution is -2.25. The summed E-state index contributed by atoms with van der Waals surface area (Å²) in [5, 5.41) is 17.4. The van der Waals surface area contributed by atoms with Crippen molar-refractivity contribution in [3.63, 3.8) is 0 Å². The van der Waals surface area contributed by atoms with E-state index in [0.717, 1.165) is 6.42 Å². The number of nitrogens with one attached hydrogen (secondary N) is 1. The summed E-state index contributed by atoms with van der Waals surface area (Å²) in [6.07, 6.45) is 4.27. The monoisotopic (exact) mass is 289 g/mol. The minimum Gasteiger partial charge on any atom is -0.393 e. The van der Waals surface area contributed by atoms with Gasteiger partial charge in [0.15, 0.2) is 0 Å². The number of aryl methyl sites for hydroxylation is 1. The number of hydrogen-bond acceptors (Lipinski definition) is 5. The molecule has 2 aromatic rings. The van der Waals surface area contributed by atoms with Crippen LogP contribution in [0, 0.1) is 10.1 Å². The average molecular weight is 289 g/mol. The van der Waals surface area contributed by atoms with Crippen molar-refractivity contribution in [3.8, 4) is 0 Å². The molecule has 0 unspecified atom stereocenters. The lowest BCUT2D eigenvalue weighted by molar-refractivity contribution is -0.383. The van der Waals surface area contributed by atoms with Gasteiger partial charge in [0.1, 0.15) is 5.69 Å². The molecule has 8 nitrogen and oxygen atoms in total. The van der Waals surface area contributed by atoms with Crippen LogP contribution >= 0.6 is 0 Å². The molecule has 0 aliphatic heterocycles. The number of carbonyl (C=O) groups excluding carboxylic acids is 1. The molecule has 21 heavy (non-hydrogen) atoms. The van der Waals surface area contributed by atoms with Gasteiger partial charge in [-0.25, -0.2) is 0 Å². The molecule has 1 aromatic heterocycles. The van der Waals surface area contributed by atoms with Gasteiger partial charge in [-0.15, -0.1) is 0 Å². The van der Waals surface area contributed by atoms with Crippen molar-refractivity contribution in [2.75, 3.05) is 12.3 Å². The fourth-order valence-electron chi connectivity index (χ4n) is 1.84. The first kappa shape index (κ1) is 14.5. The second-order valence-corrected chi connectivity index (χ2v) is 4.41. The molecule has 0 aliphatic carbocycles. The van der Waals surface area contributed by atoms with Gasteiger partial charge in [-0.3, -0.25) is 19.6 Å². The van der Waals surface area contributed by atoms with Crippen LogP contribution in [0.4, 0.5) is 11.4 Å². The van der Waals surface area contributed by atoms with E-state index in [-0.39, 0.29) is 17.3 Å². The minimum absolute atomic E-state index is 0.0239. The number of benzene rings is 1. The topological polar surface area (TPSA) is 116 Å². The van der Waals surface area contributed by atoms with Crippen LogP contribution in [-0.2, 0) is 6.54 Å². The van der Waals surface area contributed by atoms with Gasteiger partial charge in [-0.05, 0) is 24.6 Å². The van der Waals surface area contributed by atoms with Crippen LogP contribution in [0.1, 0.15) is 16.8 Å². The maximum atomic E-state index is 11.9. The van der Waals surface area contributed by atoms with Crippen molar-refractivity contribution in [2.24, 2.45) is 0 Å². The van der Waals surface area contributed by atoms with Crippen molar-refractivity contribution >= 4 is 17.3 Å². The number of aromatic nitrogens is 2. The Bertz CT molecular complexity index is 639. The second-order valence-electron chi connectivity index (χ2n) is 4.41. The SMILES string of the molecule is Nc1cc(C(=O)NCCCn2cccn2)ccc1[N+](=O)[O-]. The zero-order chi connectivity index (χ0) is 15.2. The standard InChI is InChI=1S/C13H15N5O3/c14-11-9-10(3-4-12(11)18(20)21)13(19)15-5-1-7-17-8-2-6-16-17/h2-4,6,8-9H,1,5,7,14H2,(H,15,19). The number of nitrogen functional groups attached to an aromatic ring is 1. The highest BCUT2D eigenvalue weighted by Gasteiger charge is 2.14. The van der Waals surface area contributed by atoms with E-state index in [4.69, 9.17) is 5.73 Å². The molecule has 1 heterocycles. The summed E-state index contributed by atoms with van der Waals surface area (Å²) < 4.78 is 1.77. The van der Waals surface area contributed by atoms with Crippen LogP contribution in [0.2, 0.25) is 0 Å². The Morgan fingerprint density at radius 2 is 2.29 bits per heavy atom. The maximum Gasteiger partial charge on any atom is 0.292 e. The number of hydrogen-bond donors (Lipinski definition) is 2. The number of amides is 1. The Kier molecular flexibility index (Phi) is 4.50. The van der Waals surface area contributed by atoms with Crippen LogP contribution in [0.3, 0.4) is 0 Å². The normalized spacial score (nSPS) is 10.3. The molecule has 0 saturated heterocycles. The molecule has 1 aromatic carbocycles. The lowest BCUT2D eigenvalue weighted by Gasteiger charge is -2.06. The molecule has 0 atom stereocenters. The van der Waals surface area contributed by atoms with Crippen LogP contribution in [0.25, 0.3) is 0 Å². The highest BCUT2D eigenvalue weighted by atomic mass is 16.6. The second kappa shape index (κ2) is 6.51. The van der Waals surface area contributed by atoms with Gasteiger partial charge < -0.3 is 11.1 Å². The predicted octanol–water partition coefficient (Wildman–Crippen LogP) is 1.19. The number of nitrogens with zero attached hydrogens (tertiary/aromatic N) is 3. The highest BCUT2D eigenvalue weighted by Crippen LogP contribution is 2.21. The number of anilines is 1. The number of nitro groups is 1. The average Bonchev–Trinajstić information content (AvgIpc) is 2.96. The molecule has 0 fully saturated rings. The molecule has 0 saturated carbocycles. The van der Waals surface area contributed by atoms with Gasteiger partial charge in [0.2, 0.25) is 0 Å². The predicted molar refractivity (Wildman–Crippen MR) is 76.7 cm³/mol. The van der Waals surface area contributed by atoms with E-state index in [2.05, 4.69) is 10.4 Å². The summed E-state index contributed by atoms with van der Waals surface area (Å²) >= 11 is 0. The number of carbonyl (C=O) groups is 1. The molecule has 0 bridgehead atoms. The fraction of sp³-hybridized carbons (Fsp3) is 0.231. The summed E-state index contributed by atoms with van der Waals surface area (Å²) in [6, 6.07) is 5.75. The van der Waals surface area contributed by atoms with Crippen molar-refractivity contribution in [1.29, 1.82) is 0 Å². The molecular formula is C13H15N5O3. The van der Waals surface area contributed by atoms with Crippen LogP contribution < -0.4 is 11.1 Å². The molecule has 3 N–H and O–H groups in total. The van der Waals surface area contributed by atoms with Gasteiger partial charge in [0.25, 0.3) is 11.6 Å². The molecule has 0 radical (unpaired) electrons. The fourth-order valence-corrected chi connectivity index (χ4v) is 1.84. The number of nitro benzene ring substituents is 1. The highest BCUT2D eigenvalue weighted by molar-refractivity contribution is 5.95. The Balaban J connectivity index is 1.85. The van der Waals surface area contributed by atoms with Gasteiger partial charge in [-0.2, -0.15) is 5.10 Å². The molecule has 0 aliphatic rings. The molecule has 110 valence electrons. The first-order valence-electron chi connectivity index (χ1n) is 6.37. The first-order valence-corrected chi connectivity index (χ1v) is 6.37. The van der Waals surface area contributed by atoms with Crippen LogP contribution in [0.5, 0.6) is 0 Å². The molecule has 8 heteroatoms. The summed E-state index contributed by atoms with van der Waals surface area (Å²) in [6.45, 7) is 1.19. The third kappa shape index (κ3) is 3.78. The lowest BCUT2D eigenvalue weighted by atomic mass is 10.1. The van der Waals surface area contributed by atoms with Crippen molar-refractivity contribution < 1.29 is 9.72 Å². The van der Waals surface area contributed by atoms with E-state index in [1.165, 1.54) is 18.2 Å². The Morgan fingerprint density at radius 3 is 2.90 bits per heavy atom. The summed E-state index contributed by atoms with van der Waals surface area (Å²) in [5.41, 5.74) is 5.62. The minimum atomic E-state index is -0.582. The van der Waals surface area contributed by atoms with E-state index >= 15 is 0 Å². The molecule has 2 rings (SSSR count). The third-order valence-corrected chi connectivity index (χ3v) is 2.90. The molecule has 1 amide bonds. The third-order valence-electron chi connectivity index (χ3n) is 2.90. The van der Waals surface area contributed by atoms with Crippen molar-refractivity contribution in [2.45, 2.75) is 13.0 Å². The Hall–Kier alpha value is -2.90. The smallest absolute Gasteiger partial charge is 0.292 e. The Morgan fingerprint density at radius 1 is 1.48 bits per heavy atom. The summed E-state index contributed by atoms with van der Waals surface area (Å²) in [4.78, 5) is 21.9. The van der Waals surface area contributed by atoms with Gasteiger partial charge in [0.05, 0.1) is 4.92 Å². The van der Waals surface area contributed by atoms with E-state index in [1.54, 1.807) is 10.9 Å². The first-order chi connectivity index (χ1) is 10.1. The molecular weight excluding hydrogens is 274 g/mol. The van der Waals surface area contributed by atoms with Crippen LogP contribution in [-0.4, -0.2) is 27.2 Å². The quantitative estimate of drug-likeness (QED) is 0.358. The van der Waals surface area contributed by atoms with Gasteiger partial charge in [0, 0.05) is 37.1 Å². The van der Waals surface area contributed by atoms with Crippen molar-refractivity contribution in [1.82, 2.24) is 15.1 Å². The largest absolute Gasteiger partial charge is 0.393 e. The summed E-state index contributed by atoms with van der Waals surface area (Å²) in [5.74, 6) is -0.308. The number of nitrogens with two attached hydrogens (primary N) is 1. The van der Waals surface area contributed by atoms with E-state index in [9.17, 15) is 14.9 Å². The van der Waals surface area contributed by atoms with Crippen LogP contribution in [0.15, 0.2) is 36.7 Å². The maximum absolute atomic E-state index is 11.9. The summed E-state index contributed by atoms with van der Waals surface area (Å²) in [7, 11) is 0. The number of rotatable bonds is 6. The van der Waals surface area contributed by atoms with Gasteiger partial charge >= 0.3 is 0 Å². The van der Waals surface area contributed by atoms with E-state index in [1.807, 2.05) is 12.3 Å². The van der Waals surface area contributed by atoms with Gasteiger partial charge in [-0.1, -0.05) is 0 Å². The molecule has 0 spiro atoms.